The van der Waals surface area contributed by atoms with E-state index in [-0.39, 0.29) is 11.4 Å². The van der Waals surface area contributed by atoms with Gasteiger partial charge in [-0.15, -0.1) is 0 Å². The van der Waals surface area contributed by atoms with E-state index in [4.69, 9.17) is 4.74 Å². The Morgan fingerprint density at radius 2 is 1.97 bits per heavy atom. The summed E-state index contributed by atoms with van der Waals surface area (Å²) in [6, 6.07) is 5.18. The van der Waals surface area contributed by atoms with Crippen molar-refractivity contribution in [1.29, 1.82) is 0 Å². The van der Waals surface area contributed by atoms with E-state index in [0.717, 1.165) is 49.7 Å². The second kappa shape index (κ2) is 10.6. The van der Waals surface area contributed by atoms with Crippen molar-refractivity contribution in [3.8, 4) is 17.0 Å². The van der Waals surface area contributed by atoms with Crippen LogP contribution in [0.1, 0.15) is 44.9 Å². The molecule has 1 spiro atoms. The number of benzene rings is 1. The van der Waals surface area contributed by atoms with Crippen molar-refractivity contribution in [1.82, 2.24) is 14.9 Å². The van der Waals surface area contributed by atoms with Crippen LogP contribution >= 0.6 is 0 Å². The lowest BCUT2D eigenvalue weighted by Gasteiger charge is -2.49. The molecule has 4 heterocycles. The summed E-state index contributed by atoms with van der Waals surface area (Å²) in [5.41, 5.74) is 3.90. The van der Waals surface area contributed by atoms with E-state index in [1.165, 1.54) is 38.4 Å². The van der Waals surface area contributed by atoms with Crippen LogP contribution < -0.4 is 19.9 Å². The summed E-state index contributed by atoms with van der Waals surface area (Å²) in [7, 11) is 3.81. The molecule has 2 aliphatic heterocycles. The van der Waals surface area contributed by atoms with Gasteiger partial charge in [-0.1, -0.05) is 6.42 Å². The van der Waals surface area contributed by atoms with Gasteiger partial charge in [-0.2, -0.15) is 0 Å². The molecule has 2 fully saturated rings. The van der Waals surface area contributed by atoms with Crippen LogP contribution in [0.15, 0.2) is 30.6 Å². The molecule has 1 amide bonds. The number of ether oxygens (including phenoxy) is 1. The predicted molar refractivity (Wildman–Crippen MR) is 153 cm³/mol. The highest BCUT2D eigenvalue weighted by molar-refractivity contribution is 6.12. The molecule has 39 heavy (non-hydrogen) atoms. The largest absolute Gasteiger partial charge is 0.478 e. The Morgan fingerprint density at radius 1 is 1.15 bits per heavy atom. The second-order valence-electron chi connectivity index (χ2n) is 11.2. The minimum Gasteiger partial charge on any atom is -0.478 e. The van der Waals surface area contributed by atoms with E-state index in [1.54, 1.807) is 24.3 Å². The Balaban J connectivity index is 1.32. The van der Waals surface area contributed by atoms with Crippen molar-refractivity contribution in [2.45, 2.75) is 50.5 Å². The third kappa shape index (κ3) is 4.67. The first-order valence-corrected chi connectivity index (χ1v) is 14.1. The number of carbonyl (C=O) groups excluding carboxylic acids is 1. The van der Waals surface area contributed by atoms with Gasteiger partial charge in [0.05, 0.1) is 40.9 Å². The number of hydrogen-bond donors (Lipinski definition) is 1. The van der Waals surface area contributed by atoms with Gasteiger partial charge >= 0.3 is 0 Å². The summed E-state index contributed by atoms with van der Waals surface area (Å²) in [4.78, 5) is 27.2. The number of carbonyl (C=O) groups is 1. The number of likely N-dealkylation sites (N-methyl/N-ethyl adjacent to an activating group) is 1. The first-order valence-electron chi connectivity index (χ1n) is 14.1. The van der Waals surface area contributed by atoms with Crippen molar-refractivity contribution in [3.63, 3.8) is 0 Å². The number of anilines is 3. The average Bonchev–Trinajstić information content (AvgIpc) is 3.07. The second-order valence-corrected chi connectivity index (χ2v) is 11.2. The molecule has 3 aromatic rings. The fourth-order valence-corrected chi connectivity index (χ4v) is 6.38. The maximum Gasteiger partial charge on any atom is 0.213 e. The van der Waals surface area contributed by atoms with E-state index < -0.39 is 0 Å². The molecule has 0 bridgehead atoms. The van der Waals surface area contributed by atoms with Crippen LogP contribution in [-0.2, 0) is 4.79 Å². The molecular formula is C30H37FN6O2. The van der Waals surface area contributed by atoms with Crippen molar-refractivity contribution in [2.24, 2.45) is 0 Å². The average molecular weight is 533 g/mol. The smallest absolute Gasteiger partial charge is 0.213 e. The van der Waals surface area contributed by atoms with Crippen molar-refractivity contribution in [2.75, 3.05) is 62.0 Å². The molecule has 1 aromatic carbocycles. The molecule has 6 rings (SSSR count). The van der Waals surface area contributed by atoms with Gasteiger partial charge in [0, 0.05) is 62.0 Å². The summed E-state index contributed by atoms with van der Waals surface area (Å²) >= 11 is 0. The van der Waals surface area contributed by atoms with E-state index in [0.29, 0.717) is 47.1 Å². The zero-order chi connectivity index (χ0) is 27.0. The maximum atomic E-state index is 15.8. The van der Waals surface area contributed by atoms with Crippen LogP contribution in [0, 0.1) is 5.82 Å². The molecule has 0 radical (unpaired) electrons. The third-order valence-corrected chi connectivity index (χ3v) is 8.87. The van der Waals surface area contributed by atoms with Gasteiger partial charge in [0.2, 0.25) is 12.3 Å². The number of pyridine rings is 2. The van der Waals surface area contributed by atoms with Crippen LogP contribution in [0.5, 0.6) is 5.88 Å². The van der Waals surface area contributed by atoms with Crippen LogP contribution in [-0.4, -0.2) is 73.7 Å². The van der Waals surface area contributed by atoms with Crippen molar-refractivity contribution >= 4 is 34.4 Å². The van der Waals surface area contributed by atoms with E-state index in [1.807, 2.05) is 12.1 Å². The zero-order valence-electron chi connectivity index (χ0n) is 22.9. The number of hydrogen-bond acceptors (Lipinski definition) is 7. The van der Waals surface area contributed by atoms with E-state index in [2.05, 4.69) is 32.1 Å². The lowest BCUT2D eigenvalue weighted by Crippen LogP contribution is -2.56. The monoisotopic (exact) mass is 532 g/mol. The molecule has 9 heteroatoms. The fourth-order valence-electron chi connectivity index (χ4n) is 6.38. The molecule has 0 unspecified atom stereocenters. The summed E-state index contributed by atoms with van der Waals surface area (Å²) in [6.07, 6.45) is 12.2. The molecule has 1 N–H and O–H groups in total. The summed E-state index contributed by atoms with van der Waals surface area (Å²) in [6.45, 7) is 4.70. The number of nitrogens with zero attached hydrogens (tertiary/aromatic N) is 5. The van der Waals surface area contributed by atoms with Crippen LogP contribution in [0.4, 0.5) is 21.5 Å². The topological polar surface area (TPSA) is 73.8 Å². The van der Waals surface area contributed by atoms with Gasteiger partial charge in [0.15, 0.2) is 0 Å². The van der Waals surface area contributed by atoms with Gasteiger partial charge in [0.25, 0.3) is 0 Å². The standard InChI is InChI=1S/C30H37FN6O2/c1-35(20-38)24-18-32-23-16-22(31)26(28-27(23)29(24)36(2)30(19-34-28)10-6-11-30)21-8-9-25(33-17-21)39-15-7-14-37-12-4-3-5-13-37/h8-9,16-18,20,34H,3-7,10-15,19H2,1-2H3. The summed E-state index contributed by atoms with van der Waals surface area (Å²) < 4.78 is 21.7. The number of rotatable bonds is 8. The number of halogens is 1. The zero-order valence-corrected chi connectivity index (χ0v) is 22.9. The molecule has 3 aliphatic rings. The van der Waals surface area contributed by atoms with Gasteiger partial charge in [-0.3, -0.25) is 9.78 Å². The van der Waals surface area contributed by atoms with E-state index >= 15 is 4.39 Å². The first-order chi connectivity index (χ1) is 19.0. The Kier molecular flexibility index (Phi) is 7.01. The minimum absolute atomic E-state index is 0.0936. The molecule has 1 aliphatic carbocycles. The number of aromatic nitrogens is 2. The Labute approximate surface area is 229 Å². The van der Waals surface area contributed by atoms with Crippen molar-refractivity contribution in [3.05, 3.63) is 36.4 Å². The third-order valence-electron chi connectivity index (χ3n) is 8.87. The van der Waals surface area contributed by atoms with Crippen LogP contribution in [0.25, 0.3) is 22.0 Å². The summed E-state index contributed by atoms with van der Waals surface area (Å²) in [5, 5.41) is 4.42. The Hall–Kier alpha value is -3.46. The molecule has 0 atom stereocenters. The van der Waals surface area contributed by atoms with Crippen molar-refractivity contribution < 1.29 is 13.9 Å². The quantitative estimate of drug-likeness (QED) is 0.321. The maximum absolute atomic E-state index is 15.8. The molecule has 1 saturated carbocycles. The SMILES string of the molecule is CN(C=O)c1cnc2cc(F)c(-c3ccc(OCCCN4CCCCC4)nc3)c3c2c1N(C)C1(CCC1)CN3. The molecule has 206 valence electrons. The van der Waals surface area contributed by atoms with Gasteiger partial charge in [0.1, 0.15) is 5.82 Å². The first kappa shape index (κ1) is 25.8. The van der Waals surface area contributed by atoms with Gasteiger partial charge in [-0.25, -0.2) is 9.37 Å². The highest BCUT2D eigenvalue weighted by Gasteiger charge is 2.44. The van der Waals surface area contributed by atoms with Gasteiger partial charge in [-0.05, 0) is 57.7 Å². The molecule has 2 aromatic heterocycles. The minimum atomic E-state index is -0.357. The molecular weight excluding hydrogens is 495 g/mol. The predicted octanol–water partition coefficient (Wildman–Crippen LogP) is 5.07. The van der Waals surface area contributed by atoms with E-state index in [9.17, 15) is 4.79 Å². The normalized spacial score (nSPS) is 18.4. The highest BCUT2D eigenvalue weighted by Crippen LogP contribution is 2.51. The summed E-state index contributed by atoms with van der Waals surface area (Å²) in [5.74, 6) is 0.187. The van der Waals surface area contributed by atoms with Gasteiger partial charge < -0.3 is 24.8 Å². The highest BCUT2D eigenvalue weighted by atomic mass is 19.1. The lowest BCUT2D eigenvalue weighted by molar-refractivity contribution is -0.107. The molecule has 1 saturated heterocycles. The number of piperidine rings is 1. The number of likely N-dealkylation sites (tertiary alicyclic amines) is 1. The number of amides is 1. The fraction of sp³-hybridized carbons (Fsp3) is 0.500. The molecule has 8 nitrogen and oxygen atoms in total. The lowest BCUT2D eigenvalue weighted by atomic mass is 9.75. The number of nitrogens with one attached hydrogen (secondary N) is 1. The van der Waals surface area contributed by atoms with Crippen LogP contribution in [0.2, 0.25) is 0 Å². The van der Waals surface area contributed by atoms with Crippen LogP contribution in [0.3, 0.4) is 0 Å². The Bertz CT molecular complexity index is 1350. The Morgan fingerprint density at radius 3 is 2.67 bits per heavy atom.